The Bertz CT molecular complexity index is 891. The Morgan fingerprint density at radius 2 is 1.44 bits per heavy atom. The molecule has 0 spiro atoms. The zero-order chi connectivity index (χ0) is 18.6. The second kappa shape index (κ2) is 7.57. The highest BCUT2D eigenvalue weighted by Crippen LogP contribution is 2.23. The van der Waals surface area contributed by atoms with Gasteiger partial charge in [0.2, 0.25) is 5.95 Å². The molecule has 0 unspecified atom stereocenters. The molecular weight excluding hydrogens is 348 g/mol. The van der Waals surface area contributed by atoms with Crippen molar-refractivity contribution in [3.8, 4) is 0 Å². The SMILES string of the molecule is Fc1cccc(F)c1Nc1ccnc(N2CCN(c3ccccc3)CC2)n1. The Hall–Kier alpha value is -3.22. The predicted molar refractivity (Wildman–Crippen MR) is 103 cm³/mol. The van der Waals surface area contributed by atoms with E-state index in [2.05, 4.69) is 37.2 Å². The van der Waals surface area contributed by atoms with E-state index in [1.807, 2.05) is 18.2 Å². The quantitative estimate of drug-likeness (QED) is 0.759. The summed E-state index contributed by atoms with van der Waals surface area (Å²) in [5.41, 5.74) is 0.986. The minimum absolute atomic E-state index is 0.212. The normalized spacial score (nSPS) is 14.3. The Morgan fingerprint density at radius 1 is 0.778 bits per heavy atom. The number of rotatable bonds is 4. The van der Waals surface area contributed by atoms with Gasteiger partial charge in [-0.05, 0) is 30.3 Å². The fraction of sp³-hybridized carbons (Fsp3) is 0.200. The molecule has 7 heteroatoms. The van der Waals surface area contributed by atoms with Gasteiger partial charge in [0.05, 0.1) is 0 Å². The van der Waals surface area contributed by atoms with Crippen molar-refractivity contribution in [2.24, 2.45) is 0 Å². The topological polar surface area (TPSA) is 44.3 Å². The van der Waals surface area contributed by atoms with E-state index in [-0.39, 0.29) is 5.69 Å². The van der Waals surface area contributed by atoms with Gasteiger partial charge in [0.25, 0.3) is 0 Å². The van der Waals surface area contributed by atoms with Crippen LogP contribution < -0.4 is 15.1 Å². The highest BCUT2D eigenvalue weighted by atomic mass is 19.1. The van der Waals surface area contributed by atoms with Crippen LogP contribution >= 0.6 is 0 Å². The summed E-state index contributed by atoms with van der Waals surface area (Å²) in [6.07, 6.45) is 1.59. The van der Waals surface area contributed by atoms with Gasteiger partial charge in [-0.1, -0.05) is 24.3 Å². The second-order valence-electron chi connectivity index (χ2n) is 6.27. The number of hydrogen-bond donors (Lipinski definition) is 1. The molecular formula is C20H19F2N5. The molecule has 0 atom stereocenters. The van der Waals surface area contributed by atoms with E-state index in [9.17, 15) is 8.78 Å². The number of halogens is 2. The van der Waals surface area contributed by atoms with Gasteiger partial charge in [-0.25, -0.2) is 13.8 Å². The van der Waals surface area contributed by atoms with Crippen LogP contribution in [0.3, 0.4) is 0 Å². The first-order valence-corrected chi connectivity index (χ1v) is 8.80. The molecule has 1 aliphatic heterocycles. The van der Waals surface area contributed by atoms with Crippen molar-refractivity contribution in [1.82, 2.24) is 9.97 Å². The minimum Gasteiger partial charge on any atom is -0.368 e. The monoisotopic (exact) mass is 367 g/mol. The first kappa shape index (κ1) is 17.2. The third-order valence-electron chi connectivity index (χ3n) is 4.54. The Morgan fingerprint density at radius 3 is 2.15 bits per heavy atom. The van der Waals surface area contributed by atoms with Crippen LogP contribution in [-0.2, 0) is 0 Å². The van der Waals surface area contributed by atoms with Crippen LogP contribution in [0.5, 0.6) is 0 Å². The lowest BCUT2D eigenvalue weighted by Gasteiger charge is -2.36. The van der Waals surface area contributed by atoms with Gasteiger partial charge >= 0.3 is 0 Å². The van der Waals surface area contributed by atoms with E-state index in [4.69, 9.17) is 0 Å². The number of benzene rings is 2. The van der Waals surface area contributed by atoms with Gasteiger partial charge in [0.1, 0.15) is 23.1 Å². The van der Waals surface area contributed by atoms with E-state index in [1.54, 1.807) is 12.3 Å². The molecule has 2 heterocycles. The Balaban J connectivity index is 1.46. The van der Waals surface area contributed by atoms with Crippen molar-refractivity contribution in [3.05, 3.63) is 72.4 Å². The number of para-hydroxylation sites is 2. The van der Waals surface area contributed by atoms with Gasteiger partial charge in [-0.15, -0.1) is 0 Å². The van der Waals surface area contributed by atoms with Crippen molar-refractivity contribution >= 4 is 23.1 Å². The standard InChI is InChI=1S/C20H19F2N5/c21-16-7-4-8-17(22)19(16)24-18-9-10-23-20(25-18)27-13-11-26(12-14-27)15-5-2-1-3-6-15/h1-10H,11-14H2,(H,23,24,25). The largest absolute Gasteiger partial charge is 0.368 e. The third-order valence-corrected chi connectivity index (χ3v) is 4.54. The van der Waals surface area contributed by atoms with Gasteiger partial charge in [-0.2, -0.15) is 4.98 Å². The molecule has 3 aromatic rings. The first-order valence-electron chi connectivity index (χ1n) is 8.80. The summed E-state index contributed by atoms with van der Waals surface area (Å²) in [6.45, 7) is 3.25. The molecule has 1 saturated heterocycles. The van der Waals surface area contributed by atoms with Crippen molar-refractivity contribution in [2.45, 2.75) is 0 Å². The van der Waals surface area contributed by atoms with Gasteiger partial charge < -0.3 is 15.1 Å². The molecule has 1 aromatic heterocycles. The molecule has 5 nitrogen and oxygen atoms in total. The van der Waals surface area contributed by atoms with Crippen LogP contribution in [0.25, 0.3) is 0 Å². The maximum absolute atomic E-state index is 13.8. The van der Waals surface area contributed by atoms with Gasteiger partial charge in [0, 0.05) is 38.1 Å². The summed E-state index contributed by atoms with van der Waals surface area (Å²) in [6, 6.07) is 15.6. The molecule has 138 valence electrons. The molecule has 1 fully saturated rings. The van der Waals surface area contributed by atoms with E-state index in [0.29, 0.717) is 11.8 Å². The third kappa shape index (κ3) is 3.81. The summed E-state index contributed by atoms with van der Waals surface area (Å²) in [5.74, 6) is -0.419. The van der Waals surface area contributed by atoms with Crippen LogP contribution in [0, 0.1) is 11.6 Å². The summed E-state index contributed by atoms with van der Waals surface area (Å²) in [7, 11) is 0. The average molecular weight is 367 g/mol. The van der Waals surface area contributed by atoms with Crippen LogP contribution in [0.1, 0.15) is 0 Å². The number of aromatic nitrogens is 2. The highest BCUT2D eigenvalue weighted by Gasteiger charge is 2.19. The number of nitrogens with zero attached hydrogens (tertiary/aromatic N) is 4. The average Bonchev–Trinajstić information content (AvgIpc) is 2.72. The van der Waals surface area contributed by atoms with Crippen LogP contribution in [0.2, 0.25) is 0 Å². The molecule has 0 bridgehead atoms. The molecule has 1 N–H and O–H groups in total. The smallest absolute Gasteiger partial charge is 0.227 e. The van der Waals surface area contributed by atoms with Gasteiger partial charge in [-0.3, -0.25) is 0 Å². The molecule has 0 aliphatic carbocycles. The maximum atomic E-state index is 13.8. The molecule has 2 aromatic carbocycles. The Kier molecular flexibility index (Phi) is 4.82. The van der Waals surface area contributed by atoms with Crippen LogP contribution in [0.15, 0.2) is 60.8 Å². The molecule has 0 radical (unpaired) electrons. The summed E-state index contributed by atoms with van der Waals surface area (Å²) < 4.78 is 27.7. The molecule has 0 saturated carbocycles. The van der Waals surface area contributed by atoms with Gasteiger partial charge in [0.15, 0.2) is 0 Å². The van der Waals surface area contributed by atoms with E-state index in [1.165, 1.54) is 23.9 Å². The van der Waals surface area contributed by atoms with Crippen molar-refractivity contribution in [2.75, 3.05) is 41.3 Å². The Labute approximate surface area is 156 Å². The minimum atomic E-state index is -0.661. The van der Waals surface area contributed by atoms with Crippen molar-refractivity contribution < 1.29 is 8.78 Å². The molecule has 27 heavy (non-hydrogen) atoms. The zero-order valence-corrected chi connectivity index (χ0v) is 14.6. The number of anilines is 4. The summed E-state index contributed by atoms with van der Waals surface area (Å²) >= 11 is 0. The predicted octanol–water partition coefficient (Wildman–Crippen LogP) is 3.83. The van der Waals surface area contributed by atoms with E-state index >= 15 is 0 Å². The molecule has 0 amide bonds. The van der Waals surface area contributed by atoms with Crippen LogP contribution in [0.4, 0.5) is 31.9 Å². The summed E-state index contributed by atoms with van der Waals surface area (Å²) in [5, 5.41) is 2.72. The number of nitrogens with one attached hydrogen (secondary N) is 1. The lowest BCUT2D eigenvalue weighted by atomic mass is 10.2. The fourth-order valence-electron chi connectivity index (χ4n) is 3.12. The van der Waals surface area contributed by atoms with E-state index < -0.39 is 11.6 Å². The lowest BCUT2D eigenvalue weighted by molar-refractivity contribution is 0.590. The highest BCUT2D eigenvalue weighted by molar-refractivity contribution is 5.58. The zero-order valence-electron chi connectivity index (χ0n) is 14.6. The molecule has 1 aliphatic rings. The number of hydrogen-bond acceptors (Lipinski definition) is 5. The first-order chi connectivity index (χ1) is 13.2. The second-order valence-corrected chi connectivity index (χ2v) is 6.27. The molecule has 4 rings (SSSR count). The summed E-state index contributed by atoms with van der Waals surface area (Å²) in [4.78, 5) is 13.1. The number of piperazine rings is 1. The van der Waals surface area contributed by atoms with Crippen molar-refractivity contribution in [1.29, 1.82) is 0 Å². The van der Waals surface area contributed by atoms with E-state index in [0.717, 1.165) is 26.2 Å². The lowest BCUT2D eigenvalue weighted by Crippen LogP contribution is -2.47. The van der Waals surface area contributed by atoms with Crippen molar-refractivity contribution in [3.63, 3.8) is 0 Å². The fourth-order valence-corrected chi connectivity index (χ4v) is 3.12. The maximum Gasteiger partial charge on any atom is 0.227 e. The van der Waals surface area contributed by atoms with Crippen LogP contribution in [-0.4, -0.2) is 36.1 Å².